The zero-order valence-electron chi connectivity index (χ0n) is 11.3. The molecule has 0 spiro atoms. The largest absolute Gasteiger partial charge is 0.486 e. The number of nitrogens with zero attached hydrogens (tertiary/aromatic N) is 3. The van der Waals surface area contributed by atoms with E-state index in [2.05, 4.69) is 10.4 Å². The third-order valence-electron chi connectivity index (χ3n) is 2.61. The van der Waals surface area contributed by atoms with E-state index < -0.39 is 11.7 Å². The van der Waals surface area contributed by atoms with Crippen LogP contribution in [0, 0.1) is 17.1 Å². The molecule has 0 unspecified atom stereocenters. The van der Waals surface area contributed by atoms with Gasteiger partial charge in [0, 0.05) is 30.6 Å². The monoisotopic (exact) mass is 288 g/mol. The molecule has 1 amide bonds. The first-order valence-electron chi connectivity index (χ1n) is 6.15. The summed E-state index contributed by atoms with van der Waals surface area (Å²) in [6.07, 6.45) is 3.13. The first-order chi connectivity index (χ1) is 10.1. The van der Waals surface area contributed by atoms with Gasteiger partial charge in [0.2, 0.25) is 5.91 Å². The standard InChI is InChI=1S/C14H13FN4O2/c1-19-8-10(7-17-19)9-21-13-3-2-11(6-12(13)15)18-14(20)4-5-16/h2-3,6-8H,4,9H2,1H3,(H,18,20). The summed E-state index contributed by atoms with van der Waals surface area (Å²) in [5, 5.41) is 14.8. The molecule has 7 heteroatoms. The highest BCUT2D eigenvalue weighted by Crippen LogP contribution is 2.22. The summed E-state index contributed by atoms with van der Waals surface area (Å²) in [5.74, 6) is -0.994. The van der Waals surface area contributed by atoms with Crippen LogP contribution >= 0.6 is 0 Å². The summed E-state index contributed by atoms with van der Waals surface area (Å²) >= 11 is 0. The van der Waals surface area contributed by atoms with Gasteiger partial charge in [-0.3, -0.25) is 9.48 Å². The van der Waals surface area contributed by atoms with E-state index in [9.17, 15) is 9.18 Å². The number of amides is 1. The van der Waals surface area contributed by atoms with Crippen LogP contribution in [0.2, 0.25) is 0 Å². The number of hydrogen-bond donors (Lipinski definition) is 1. The Morgan fingerprint density at radius 3 is 3.00 bits per heavy atom. The molecule has 108 valence electrons. The van der Waals surface area contributed by atoms with Crippen LogP contribution in [0.15, 0.2) is 30.6 Å². The molecule has 0 saturated carbocycles. The predicted octanol–water partition coefficient (Wildman–Crippen LogP) is 1.99. The lowest BCUT2D eigenvalue weighted by Crippen LogP contribution is -2.10. The summed E-state index contributed by atoms with van der Waals surface area (Å²) < 4.78 is 20.8. The zero-order chi connectivity index (χ0) is 15.2. The fraction of sp³-hybridized carbons (Fsp3) is 0.214. The maximum absolute atomic E-state index is 13.8. The topological polar surface area (TPSA) is 79.9 Å². The second kappa shape index (κ2) is 6.52. The Labute approximate surface area is 120 Å². The summed E-state index contributed by atoms with van der Waals surface area (Å²) in [7, 11) is 1.78. The molecular weight excluding hydrogens is 275 g/mol. The van der Waals surface area contributed by atoms with E-state index in [-0.39, 0.29) is 24.5 Å². The fourth-order valence-electron chi connectivity index (χ4n) is 1.68. The van der Waals surface area contributed by atoms with Gasteiger partial charge >= 0.3 is 0 Å². The van der Waals surface area contributed by atoms with Gasteiger partial charge in [0.1, 0.15) is 13.0 Å². The lowest BCUT2D eigenvalue weighted by Gasteiger charge is -2.08. The van der Waals surface area contributed by atoms with Crippen LogP contribution in [0.3, 0.4) is 0 Å². The van der Waals surface area contributed by atoms with Gasteiger partial charge in [0.15, 0.2) is 11.6 Å². The van der Waals surface area contributed by atoms with Gasteiger partial charge in [-0.15, -0.1) is 0 Å². The van der Waals surface area contributed by atoms with Gasteiger partial charge in [-0.1, -0.05) is 0 Å². The van der Waals surface area contributed by atoms with Crippen molar-refractivity contribution in [2.45, 2.75) is 13.0 Å². The van der Waals surface area contributed by atoms with Crippen LogP contribution in [-0.2, 0) is 18.4 Å². The van der Waals surface area contributed by atoms with Gasteiger partial charge in [0.25, 0.3) is 0 Å². The van der Waals surface area contributed by atoms with E-state index >= 15 is 0 Å². The quantitative estimate of drug-likeness (QED) is 0.912. The minimum atomic E-state index is -0.589. The number of rotatable bonds is 5. The van der Waals surface area contributed by atoms with Crippen molar-refractivity contribution in [3.05, 3.63) is 42.0 Å². The Bertz CT molecular complexity index is 691. The Morgan fingerprint density at radius 2 is 2.38 bits per heavy atom. The van der Waals surface area contributed by atoms with Gasteiger partial charge < -0.3 is 10.1 Å². The molecule has 2 rings (SSSR count). The van der Waals surface area contributed by atoms with E-state index in [1.54, 1.807) is 30.2 Å². The summed E-state index contributed by atoms with van der Waals surface area (Å²) in [4.78, 5) is 11.2. The summed E-state index contributed by atoms with van der Waals surface area (Å²) in [6, 6.07) is 5.80. The third kappa shape index (κ3) is 4.04. The number of halogens is 1. The number of hydrogen-bond acceptors (Lipinski definition) is 4. The van der Waals surface area contributed by atoms with Gasteiger partial charge in [-0.2, -0.15) is 10.4 Å². The van der Waals surface area contributed by atoms with E-state index in [1.165, 1.54) is 12.1 Å². The van der Waals surface area contributed by atoms with Crippen LogP contribution in [0.25, 0.3) is 0 Å². The Hall–Kier alpha value is -2.88. The molecular formula is C14H13FN4O2. The van der Waals surface area contributed by atoms with E-state index in [0.717, 1.165) is 11.6 Å². The lowest BCUT2D eigenvalue weighted by atomic mass is 10.2. The molecule has 1 N–H and O–H groups in total. The van der Waals surface area contributed by atoms with Gasteiger partial charge in [0.05, 0.1) is 12.3 Å². The second-order valence-corrected chi connectivity index (χ2v) is 4.34. The molecule has 1 aromatic carbocycles. The Kier molecular flexibility index (Phi) is 4.51. The van der Waals surface area contributed by atoms with Crippen molar-refractivity contribution in [2.24, 2.45) is 7.05 Å². The molecule has 0 fully saturated rings. The first-order valence-corrected chi connectivity index (χ1v) is 6.15. The zero-order valence-corrected chi connectivity index (χ0v) is 11.3. The fourth-order valence-corrected chi connectivity index (χ4v) is 1.68. The highest BCUT2D eigenvalue weighted by Gasteiger charge is 2.08. The second-order valence-electron chi connectivity index (χ2n) is 4.34. The number of nitrogens with one attached hydrogen (secondary N) is 1. The van der Waals surface area contributed by atoms with Gasteiger partial charge in [-0.25, -0.2) is 4.39 Å². The maximum atomic E-state index is 13.8. The number of carbonyl (C=O) groups is 1. The molecule has 0 radical (unpaired) electrons. The van der Waals surface area contributed by atoms with Crippen molar-refractivity contribution in [3.8, 4) is 11.8 Å². The van der Waals surface area contributed by atoms with Gasteiger partial charge in [-0.05, 0) is 12.1 Å². The highest BCUT2D eigenvalue weighted by atomic mass is 19.1. The van der Waals surface area contributed by atoms with Crippen molar-refractivity contribution < 1.29 is 13.9 Å². The lowest BCUT2D eigenvalue weighted by molar-refractivity contribution is -0.115. The number of carbonyl (C=O) groups excluding carboxylic acids is 1. The first kappa shape index (κ1) is 14.5. The molecule has 0 aliphatic carbocycles. The number of aromatic nitrogens is 2. The van der Waals surface area contributed by atoms with Crippen LogP contribution in [0.5, 0.6) is 5.75 Å². The maximum Gasteiger partial charge on any atom is 0.238 e. The van der Waals surface area contributed by atoms with Crippen molar-refractivity contribution in [2.75, 3.05) is 5.32 Å². The predicted molar refractivity (Wildman–Crippen MR) is 72.8 cm³/mol. The number of aryl methyl sites for hydroxylation is 1. The Morgan fingerprint density at radius 1 is 1.57 bits per heavy atom. The SMILES string of the molecule is Cn1cc(COc2ccc(NC(=O)CC#N)cc2F)cn1. The Balaban J connectivity index is 1.99. The summed E-state index contributed by atoms with van der Waals surface area (Å²) in [5.41, 5.74) is 1.10. The van der Waals surface area contributed by atoms with Crippen molar-refractivity contribution in [1.82, 2.24) is 9.78 Å². The van der Waals surface area contributed by atoms with Crippen LogP contribution in [0.1, 0.15) is 12.0 Å². The minimum Gasteiger partial charge on any atom is -0.486 e. The molecule has 0 atom stereocenters. The number of benzene rings is 1. The third-order valence-corrected chi connectivity index (χ3v) is 2.61. The molecule has 2 aromatic rings. The smallest absolute Gasteiger partial charge is 0.238 e. The molecule has 0 bridgehead atoms. The molecule has 1 heterocycles. The van der Waals surface area contributed by atoms with E-state index in [1.807, 2.05) is 0 Å². The van der Waals surface area contributed by atoms with Crippen molar-refractivity contribution >= 4 is 11.6 Å². The van der Waals surface area contributed by atoms with Crippen molar-refractivity contribution in [1.29, 1.82) is 5.26 Å². The van der Waals surface area contributed by atoms with Crippen molar-refractivity contribution in [3.63, 3.8) is 0 Å². The van der Waals surface area contributed by atoms with E-state index in [4.69, 9.17) is 10.00 Å². The van der Waals surface area contributed by atoms with Crippen LogP contribution in [0.4, 0.5) is 10.1 Å². The molecule has 0 saturated heterocycles. The number of nitriles is 1. The van der Waals surface area contributed by atoms with Crippen LogP contribution in [-0.4, -0.2) is 15.7 Å². The average Bonchev–Trinajstić information content (AvgIpc) is 2.84. The normalized spacial score (nSPS) is 9.95. The van der Waals surface area contributed by atoms with E-state index in [0.29, 0.717) is 0 Å². The molecule has 0 aliphatic rings. The average molecular weight is 288 g/mol. The molecule has 1 aromatic heterocycles. The number of ether oxygens (including phenoxy) is 1. The minimum absolute atomic E-state index is 0.0807. The summed E-state index contributed by atoms with van der Waals surface area (Å²) in [6.45, 7) is 0.199. The van der Waals surface area contributed by atoms with Crippen LogP contribution < -0.4 is 10.1 Å². The molecule has 0 aliphatic heterocycles. The number of anilines is 1. The molecule has 21 heavy (non-hydrogen) atoms. The highest BCUT2D eigenvalue weighted by molar-refractivity contribution is 5.92. The molecule has 6 nitrogen and oxygen atoms in total.